The Labute approximate surface area is 232 Å². The summed E-state index contributed by atoms with van der Waals surface area (Å²) in [6, 6.07) is 15.1. The lowest BCUT2D eigenvalue weighted by molar-refractivity contribution is 0.0389. The highest BCUT2D eigenvalue weighted by Gasteiger charge is 2.36. The topological polar surface area (TPSA) is 133 Å². The number of para-hydroxylation sites is 1. The summed E-state index contributed by atoms with van der Waals surface area (Å²) in [6.07, 6.45) is -0.763. The summed E-state index contributed by atoms with van der Waals surface area (Å²) in [5.41, 5.74) is 0.158. The zero-order chi connectivity index (χ0) is 28.4. The number of likely N-dealkylation sites (N-methyl/N-ethyl adjacent to an activating group) is 1. The molecule has 1 aromatic heterocycles. The van der Waals surface area contributed by atoms with Crippen LogP contribution in [-0.4, -0.2) is 75.9 Å². The van der Waals surface area contributed by atoms with Gasteiger partial charge in [-0.25, -0.2) is 16.8 Å². The van der Waals surface area contributed by atoms with Gasteiger partial charge in [-0.3, -0.25) is 9.52 Å². The van der Waals surface area contributed by atoms with Crippen LogP contribution < -0.4 is 9.46 Å². The molecule has 4 rings (SSSR count). The monoisotopic (exact) mass is 593 g/mol. The molecule has 2 heterocycles. The van der Waals surface area contributed by atoms with Crippen molar-refractivity contribution in [2.24, 2.45) is 5.92 Å². The largest absolute Gasteiger partial charge is 0.486 e. The minimum absolute atomic E-state index is 0.000157. The molecule has 0 aliphatic carbocycles. The van der Waals surface area contributed by atoms with Crippen LogP contribution in [0.4, 0.5) is 5.69 Å². The standard InChI is InChI=1S/C26H31N3O7S3/c1-18-15-29(19(2)17-30)26(31)21-11-7-12-22(27-38(32,33)24-13-8-14-37-24)25(21)36-23(18)16-28(3)39(34,35)20-9-5-4-6-10-20/h4-14,18-19,23,27,30H,15-17H2,1-3H3/t18-,19+,23+/m0/s1. The molecule has 0 unspecified atom stereocenters. The number of anilines is 1. The quantitative estimate of drug-likeness (QED) is 0.390. The van der Waals surface area contributed by atoms with E-state index in [1.54, 1.807) is 42.6 Å². The Balaban J connectivity index is 1.76. The molecule has 1 aliphatic heterocycles. The lowest BCUT2D eigenvalue weighted by Gasteiger charge is -2.38. The third-order valence-corrected chi connectivity index (χ3v) is 11.2. The number of benzene rings is 2. The Morgan fingerprint density at radius 3 is 2.46 bits per heavy atom. The fourth-order valence-corrected chi connectivity index (χ4v) is 7.54. The zero-order valence-electron chi connectivity index (χ0n) is 21.7. The number of carbonyl (C=O) groups excluding carboxylic acids is 1. The van der Waals surface area contributed by atoms with Crippen LogP contribution >= 0.6 is 11.3 Å². The number of nitrogens with zero attached hydrogens (tertiary/aromatic N) is 2. The van der Waals surface area contributed by atoms with Gasteiger partial charge in [0.05, 0.1) is 35.3 Å². The van der Waals surface area contributed by atoms with Crippen molar-refractivity contribution in [3.05, 3.63) is 71.6 Å². The normalized spacial score (nSPS) is 19.1. The van der Waals surface area contributed by atoms with Crippen molar-refractivity contribution in [2.75, 3.05) is 31.5 Å². The predicted octanol–water partition coefficient (Wildman–Crippen LogP) is 3.09. The molecule has 2 N–H and O–H groups in total. The van der Waals surface area contributed by atoms with Crippen LogP contribution in [0.1, 0.15) is 24.2 Å². The van der Waals surface area contributed by atoms with E-state index in [0.29, 0.717) is 0 Å². The predicted molar refractivity (Wildman–Crippen MR) is 149 cm³/mol. The molecule has 0 radical (unpaired) electrons. The molecule has 0 fully saturated rings. The van der Waals surface area contributed by atoms with Crippen molar-refractivity contribution in [1.29, 1.82) is 0 Å². The van der Waals surface area contributed by atoms with E-state index >= 15 is 0 Å². The number of aliphatic hydroxyl groups excluding tert-OH is 1. The third kappa shape index (κ3) is 6.12. The van der Waals surface area contributed by atoms with Crippen LogP contribution in [0.3, 0.4) is 0 Å². The van der Waals surface area contributed by atoms with Crippen LogP contribution in [0, 0.1) is 5.92 Å². The Morgan fingerprint density at radius 2 is 1.82 bits per heavy atom. The van der Waals surface area contributed by atoms with Gasteiger partial charge in [0.15, 0.2) is 5.75 Å². The number of fused-ring (bicyclic) bond motifs is 1. The molecule has 0 bridgehead atoms. The second-order valence-electron chi connectivity index (χ2n) is 9.44. The number of sulfonamides is 2. The first-order chi connectivity index (χ1) is 18.5. The molecule has 0 saturated heterocycles. The van der Waals surface area contributed by atoms with E-state index in [1.165, 1.54) is 46.6 Å². The molecule has 210 valence electrons. The Bertz CT molecular complexity index is 1510. The van der Waals surface area contributed by atoms with E-state index in [2.05, 4.69) is 4.72 Å². The molecule has 1 amide bonds. The van der Waals surface area contributed by atoms with E-state index in [0.717, 1.165) is 11.3 Å². The number of thiophene rings is 1. The summed E-state index contributed by atoms with van der Waals surface area (Å²) < 4.78 is 62.7. The highest BCUT2D eigenvalue weighted by atomic mass is 32.2. The maximum absolute atomic E-state index is 13.6. The number of ether oxygens (including phenoxy) is 1. The van der Waals surface area contributed by atoms with Crippen LogP contribution in [0.2, 0.25) is 0 Å². The summed E-state index contributed by atoms with van der Waals surface area (Å²) in [6.45, 7) is 3.36. The minimum Gasteiger partial charge on any atom is -0.486 e. The Kier molecular flexibility index (Phi) is 8.66. The first-order valence-electron chi connectivity index (χ1n) is 12.2. The molecular formula is C26H31N3O7S3. The highest BCUT2D eigenvalue weighted by Crippen LogP contribution is 2.36. The molecule has 3 atom stereocenters. The van der Waals surface area contributed by atoms with Crippen molar-refractivity contribution in [1.82, 2.24) is 9.21 Å². The number of hydrogen-bond donors (Lipinski definition) is 2. The number of carbonyl (C=O) groups is 1. The first kappa shape index (κ1) is 29.0. The second-order valence-corrected chi connectivity index (χ2v) is 14.3. The molecule has 0 saturated carbocycles. The molecule has 10 nitrogen and oxygen atoms in total. The number of aliphatic hydroxyl groups is 1. The summed E-state index contributed by atoms with van der Waals surface area (Å²) in [4.78, 5) is 15.2. The lowest BCUT2D eigenvalue weighted by Crippen LogP contribution is -2.50. The van der Waals surface area contributed by atoms with Gasteiger partial charge < -0.3 is 14.7 Å². The smallest absolute Gasteiger partial charge is 0.271 e. The molecule has 2 aromatic carbocycles. The molecule has 3 aromatic rings. The van der Waals surface area contributed by atoms with Gasteiger partial charge in [0.2, 0.25) is 10.0 Å². The van der Waals surface area contributed by atoms with Gasteiger partial charge in [-0.2, -0.15) is 4.31 Å². The van der Waals surface area contributed by atoms with Gasteiger partial charge in [0.25, 0.3) is 15.9 Å². The second kappa shape index (κ2) is 11.6. The molecule has 39 heavy (non-hydrogen) atoms. The van der Waals surface area contributed by atoms with Gasteiger partial charge >= 0.3 is 0 Å². The Hall–Kier alpha value is -2.97. The average Bonchev–Trinajstić information content (AvgIpc) is 3.47. The summed E-state index contributed by atoms with van der Waals surface area (Å²) in [5, 5.41) is 11.5. The molecule has 13 heteroatoms. The van der Waals surface area contributed by atoms with Crippen LogP contribution in [0.15, 0.2) is 75.1 Å². The van der Waals surface area contributed by atoms with Crippen molar-refractivity contribution < 1.29 is 31.5 Å². The van der Waals surface area contributed by atoms with Gasteiger partial charge in [-0.1, -0.05) is 37.3 Å². The number of rotatable bonds is 9. The van der Waals surface area contributed by atoms with Crippen molar-refractivity contribution >= 4 is 43.0 Å². The van der Waals surface area contributed by atoms with Crippen LogP contribution in [-0.2, 0) is 20.0 Å². The zero-order valence-corrected chi connectivity index (χ0v) is 24.2. The fraction of sp³-hybridized carbons (Fsp3) is 0.346. The summed E-state index contributed by atoms with van der Waals surface area (Å²) in [7, 11) is -6.38. The lowest BCUT2D eigenvalue weighted by atomic mass is 9.99. The van der Waals surface area contributed by atoms with Crippen molar-refractivity contribution in [2.45, 2.75) is 35.1 Å². The fourth-order valence-electron chi connectivity index (χ4n) is 4.28. The maximum Gasteiger partial charge on any atom is 0.271 e. The van der Waals surface area contributed by atoms with E-state index in [9.17, 15) is 26.7 Å². The van der Waals surface area contributed by atoms with Crippen molar-refractivity contribution in [3.8, 4) is 5.75 Å². The van der Waals surface area contributed by atoms with Crippen LogP contribution in [0.5, 0.6) is 5.75 Å². The number of amides is 1. The first-order valence-corrected chi connectivity index (χ1v) is 16.0. The molecular weight excluding hydrogens is 563 g/mol. The molecule has 0 spiro atoms. The SMILES string of the molecule is C[C@H](CO)N1C[C@H](C)[C@@H](CN(C)S(=O)(=O)c2ccccc2)Oc2c(NS(=O)(=O)c3cccs3)cccc2C1=O. The minimum atomic E-state index is -3.97. The third-order valence-electron chi connectivity index (χ3n) is 6.58. The highest BCUT2D eigenvalue weighted by molar-refractivity contribution is 7.94. The Morgan fingerprint density at radius 1 is 1.10 bits per heavy atom. The van der Waals surface area contributed by atoms with Gasteiger partial charge in [-0.15, -0.1) is 11.3 Å². The number of hydrogen-bond acceptors (Lipinski definition) is 8. The van der Waals surface area contributed by atoms with Crippen molar-refractivity contribution in [3.63, 3.8) is 0 Å². The average molecular weight is 594 g/mol. The van der Waals surface area contributed by atoms with Gasteiger partial charge in [-0.05, 0) is 42.6 Å². The number of nitrogens with one attached hydrogen (secondary N) is 1. The maximum atomic E-state index is 13.6. The van der Waals surface area contributed by atoms with Crippen LogP contribution in [0.25, 0.3) is 0 Å². The summed E-state index contributed by atoms with van der Waals surface area (Å²) in [5.74, 6) is -0.814. The van der Waals surface area contributed by atoms with E-state index in [1.807, 2.05) is 6.92 Å². The van der Waals surface area contributed by atoms with E-state index in [-0.39, 0.29) is 51.7 Å². The van der Waals surface area contributed by atoms with Gasteiger partial charge in [0.1, 0.15) is 10.3 Å². The van der Waals surface area contributed by atoms with E-state index in [4.69, 9.17) is 4.74 Å². The molecule has 1 aliphatic rings. The summed E-state index contributed by atoms with van der Waals surface area (Å²) >= 11 is 1.04. The van der Waals surface area contributed by atoms with Gasteiger partial charge in [0, 0.05) is 19.5 Å². The van der Waals surface area contributed by atoms with E-state index < -0.39 is 38.1 Å².